The Bertz CT molecular complexity index is 915. The topological polar surface area (TPSA) is 63.3 Å². The van der Waals surface area contributed by atoms with Crippen LogP contribution in [-0.4, -0.2) is 10.9 Å². The summed E-state index contributed by atoms with van der Waals surface area (Å²) in [5.74, 6) is 0.443. The zero-order valence-corrected chi connectivity index (χ0v) is 15.4. The molecule has 1 heterocycles. The van der Waals surface area contributed by atoms with Gasteiger partial charge in [0.05, 0.1) is 12.2 Å². The second kappa shape index (κ2) is 7.70. The average molecular weight is 363 g/mol. The maximum Gasteiger partial charge on any atom is 0.193 e. The van der Waals surface area contributed by atoms with Crippen LogP contribution in [0, 0.1) is 0 Å². The van der Waals surface area contributed by atoms with E-state index in [9.17, 15) is 0 Å². The molecule has 3 N–H and O–H groups in total. The molecule has 0 unspecified atom stereocenters. The van der Waals surface area contributed by atoms with Crippen molar-refractivity contribution >= 4 is 23.0 Å². The van der Waals surface area contributed by atoms with Gasteiger partial charge in [0.15, 0.2) is 5.96 Å². The van der Waals surface area contributed by atoms with Gasteiger partial charge in [-0.3, -0.25) is 0 Å². The fourth-order valence-corrected chi connectivity index (χ4v) is 4.15. The summed E-state index contributed by atoms with van der Waals surface area (Å²) >= 11 is 1.64. The summed E-state index contributed by atoms with van der Waals surface area (Å²) in [6, 6.07) is 16.6. The lowest BCUT2D eigenvalue weighted by Crippen LogP contribution is -2.24. The Morgan fingerprint density at radius 1 is 1.08 bits per heavy atom. The van der Waals surface area contributed by atoms with Crippen LogP contribution in [0.1, 0.15) is 29.7 Å². The first-order valence-corrected chi connectivity index (χ1v) is 9.85. The van der Waals surface area contributed by atoms with Crippen molar-refractivity contribution in [2.24, 2.45) is 10.7 Å². The van der Waals surface area contributed by atoms with Crippen molar-refractivity contribution in [3.8, 4) is 10.6 Å². The van der Waals surface area contributed by atoms with Gasteiger partial charge in [-0.2, -0.15) is 0 Å². The van der Waals surface area contributed by atoms with Crippen LogP contribution < -0.4 is 11.1 Å². The lowest BCUT2D eigenvalue weighted by Gasteiger charge is -2.19. The summed E-state index contributed by atoms with van der Waals surface area (Å²) in [7, 11) is 0. The van der Waals surface area contributed by atoms with Crippen LogP contribution in [-0.2, 0) is 19.4 Å². The number of nitrogens with one attached hydrogen (secondary N) is 1. The molecule has 0 bridgehead atoms. The molecule has 5 heteroatoms. The molecule has 4 rings (SSSR count). The zero-order valence-electron chi connectivity index (χ0n) is 14.6. The summed E-state index contributed by atoms with van der Waals surface area (Å²) in [5.41, 5.74) is 12.1. The van der Waals surface area contributed by atoms with Crippen molar-refractivity contribution in [2.45, 2.75) is 32.2 Å². The fraction of sp³-hybridized carbons (Fsp3) is 0.238. The van der Waals surface area contributed by atoms with E-state index in [4.69, 9.17) is 5.73 Å². The smallest absolute Gasteiger partial charge is 0.193 e. The molecule has 0 saturated carbocycles. The normalized spacial score (nSPS) is 14.1. The minimum atomic E-state index is 0.443. The summed E-state index contributed by atoms with van der Waals surface area (Å²) in [6.45, 7) is 0.483. The molecule has 1 aliphatic rings. The minimum Gasteiger partial charge on any atom is -0.370 e. The zero-order chi connectivity index (χ0) is 17.8. The summed E-state index contributed by atoms with van der Waals surface area (Å²) in [4.78, 5) is 9.13. The number of aryl methyl sites for hydroxylation is 1. The minimum absolute atomic E-state index is 0.443. The van der Waals surface area contributed by atoms with E-state index < -0.39 is 0 Å². The molecule has 0 radical (unpaired) electrons. The Balaban J connectivity index is 1.44. The number of guanidine groups is 1. The van der Waals surface area contributed by atoms with Gasteiger partial charge in [-0.25, -0.2) is 9.98 Å². The van der Waals surface area contributed by atoms with Crippen molar-refractivity contribution in [1.82, 2.24) is 4.98 Å². The molecule has 3 aromatic rings. The van der Waals surface area contributed by atoms with E-state index in [0.717, 1.165) is 34.8 Å². The predicted octanol–water partition coefficient (Wildman–Crippen LogP) is 4.62. The largest absolute Gasteiger partial charge is 0.370 e. The van der Waals surface area contributed by atoms with Gasteiger partial charge in [-0.05, 0) is 42.9 Å². The van der Waals surface area contributed by atoms with Crippen molar-refractivity contribution in [2.75, 3.05) is 5.32 Å². The van der Waals surface area contributed by atoms with Crippen LogP contribution >= 0.6 is 11.3 Å². The Kier molecular flexibility index (Phi) is 4.97. The Labute approximate surface area is 157 Å². The second-order valence-electron chi connectivity index (χ2n) is 6.49. The van der Waals surface area contributed by atoms with Crippen LogP contribution in [0.2, 0.25) is 0 Å². The van der Waals surface area contributed by atoms with Crippen LogP contribution in [0.3, 0.4) is 0 Å². The number of thiazole rings is 1. The number of anilines is 1. The Morgan fingerprint density at radius 2 is 1.92 bits per heavy atom. The summed E-state index contributed by atoms with van der Waals surface area (Å²) < 4.78 is 0. The van der Waals surface area contributed by atoms with E-state index in [-0.39, 0.29) is 0 Å². The van der Waals surface area contributed by atoms with Gasteiger partial charge >= 0.3 is 0 Å². The summed E-state index contributed by atoms with van der Waals surface area (Å²) in [5, 5.41) is 6.34. The quantitative estimate of drug-likeness (QED) is 0.526. The van der Waals surface area contributed by atoms with Gasteiger partial charge in [0, 0.05) is 16.6 Å². The molecule has 1 aromatic heterocycles. The number of nitrogens with two attached hydrogens (primary N) is 1. The SMILES string of the molecule is NC(=NCc1csc(-c2ccccc2)n1)Nc1cccc2c1CCCC2. The lowest BCUT2D eigenvalue weighted by atomic mass is 9.90. The van der Waals surface area contributed by atoms with E-state index in [2.05, 4.69) is 45.6 Å². The molecular formula is C21H22N4S. The molecule has 0 aliphatic heterocycles. The number of aliphatic imine (C=N–C) groups is 1. The van der Waals surface area contributed by atoms with Gasteiger partial charge in [0.1, 0.15) is 5.01 Å². The highest BCUT2D eigenvalue weighted by molar-refractivity contribution is 7.13. The van der Waals surface area contributed by atoms with E-state index in [1.165, 1.54) is 24.0 Å². The molecular weight excluding hydrogens is 340 g/mol. The number of hydrogen-bond acceptors (Lipinski definition) is 3. The third-order valence-corrected chi connectivity index (χ3v) is 5.58. The molecule has 0 saturated heterocycles. The number of hydrogen-bond donors (Lipinski definition) is 2. The number of nitrogens with zero attached hydrogens (tertiary/aromatic N) is 2. The average Bonchev–Trinajstić information content (AvgIpc) is 3.17. The third kappa shape index (κ3) is 3.78. The number of rotatable bonds is 4. The maximum absolute atomic E-state index is 6.12. The monoisotopic (exact) mass is 362 g/mol. The Morgan fingerprint density at radius 3 is 2.81 bits per heavy atom. The van der Waals surface area contributed by atoms with Crippen LogP contribution in [0.5, 0.6) is 0 Å². The highest BCUT2D eigenvalue weighted by Gasteiger charge is 2.13. The standard InChI is InChI=1S/C21H22N4S/c22-21(25-19-12-6-10-15-7-4-5-11-18(15)19)23-13-17-14-26-20(24-17)16-8-2-1-3-9-16/h1-3,6,8-10,12,14H,4-5,7,11,13H2,(H3,22,23,25). The molecule has 0 atom stereocenters. The van der Waals surface area contributed by atoms with Crippen molar-refractivity contribution in [3.63, 3.8) is 0 Å². The predicted molar refractivity (Wildman–Crippen MR) is 110 cm³/mol. The molecule has 1 aliphatic carbocycles. The van der Waals surface area contributed by atoms with Crippen LogP contribution in [0.25, 0.3) is 10.6 Å². The third-order valence-electron chi connectivity index (χ3n) is 4.64. The van der Waals surface area contributed by atoms with E-state index >= 15 is 0 Å². The molecule has 0 fully saturated rings. The lowest BCUT2D eigenvalue weighted by molar-refractivity contribution is 0.687. The first-order valence-electron chi connectivity index (χ1n) is 8.97. The van der Waals surface area contributed by atoms with Gasteiger partial charge in [-0.1, -0.05) is 42.5 Å². The highest BCUT2D eigenvalue weighted by Crippen LogP contribution is 2.28. The molecule has 2 aromatic carbocycles. The van der Waals surface area contributed by atoms with Crippen molar-refractivity contribution < 1.29 is 0 Å². The Hall–Kier alpha value is -2.66. The van der Waals surface area contributed by atoms with Crippen LogP contribution in [0.15, 0.2) is 58.9 Å². The van der Waals surface area contributed by atoms with Crippen LogP contribution in [0.4, 0.5) is 5.69 Å². The van der Waals surface area contributed by atoms with Gasteiger partial charge in [0.25, 0.3) is 0 Å². The van der Waals surface area contributed by atoms with E-state index in [0.29, 0.717) is 12.5 Å². The van der Waals surface area contributed by atoms with E-state index in [1.807, 2.05) is 23.6 Å². The molecule has 132 valence electrons. The first-order chi connectivity index (χ1) is 12.8. The molecule has 4 nitrogen and oxygen atoms in total. The van der Waals surface area contributed by atoms with Gasteiger partial charge < -0.3 is 11.1 Å². The molecule has 26 heavy (non-hydrogen) atoms. The van der Waals surface area contributed by atoms with Gasteiger partial charge in [-0.15, -0.1) is 11.3 Å². The molecule has 0 amide bonds. The highest BCUT2D eigenvalue weighted by atomic mass is 32.1. The molecule has 0 spiro atoms. The van der Waals surface area contributed by atoms with E-state index in [1.54, 1.807) is 11.3 Å². The first kappa shape index (κ1) is 16.8. The number of fused-ring (bicyclic) bond motifs is 1. The van der Waals surface area contributed by atoms with Gasteiger partial charge in [0.2, 0.25) is 0 Å². The second-order valence-corrected chi connectivity index (χ2v) is 7.34. The number of benzene rings is 2. The van der Waals surface area contributed by atoms with Crippen molar-refractivity contribution in [1.29, 1.82) is 0 Å². The summed E-state index contributed by atoms with van der Waals surface area (Å²) in [6.07, 6.45) is 4.78. The maximum atomic E-state index is 6.12. The number of aromatic nitrogens is 1. The van der Waals surface area contributed by atoms with Crippen molar-refractivity contribution in [3.05, 3.63) is 70.7 Å². The fourth-order valence-electron chi connectivity index (χ4n) is 3.34.